The number of aromatic nitrogens is 6. The number of nitrogens with zero attached hydrogens (tertiary/aromatic N) is 4. The minimum absolute atomic E-state index is 0.510. The van der Waals surface area contributed by atoms with Crippen molar-refractivity contribution in [2.45, 2.75) is 34.6 Å². The summed E-state index contributed by atoms with van der Waals surface area (Å²) in [5.41, 5.74) is 7.58. The molecule has 2 N–H and O–H groups in total. The fourth-order valence-electron chi connectivity index (χ4n) is 2.87. The Kier molecular flexibility index (Phi) is 5.25. The molecule has 0 aliphatic rings. The average molecular weight is 368 g/mol. The molecule has 8 nitrogen and oxygen atoms in total. The van der Waals surface area contributed by atoms with Gasteiger partial charge in [0.15, 0.2) is 11.3 Å². The van der Waals surface area contributed by atoms with Crippen molar-refractivity contribution in [1.29, 1.82) is 0 Å². The summed E-state index contributed by atoms with van der Waals surface area (Å²) in [6.45, 7) is 10.5. The second-order valence-electron chi connectivity index (χ2n) is 6.28. The van der Waals surface area contributed by atoms with Crippen LogP contribution in [0.25, 0.3) is 22.3 Å². The van der Waals surface area contributed by atoms with Gasteiger partial charge in [0.25, 0.3) is 12.0 Å². The van der Waals surface area contributed by atoms with Gasteiger partial charge in [-0.3, -0.25) is 0 Å². The van der Waals surface area contributed by atoms with Crippen LogP contribution < -0.4 is 9.47 Å². The van der Waals surface area contributed by atoms with Crippen molar-refractivity contribution in [3.63, 3.8) is 0 Å². The molecular weight excluding hydrogens is 344 g/mol. The summed E-state index contributed by atoms with van der Waals surface area (Å²) in [7, 11) is 1.58. The second kappa shape index (κ2) is 7.61. The normalized spacial score (nSPS) is 10.7. The lowest BCUT2D eigenvalue weighted by Gasteiger charge is -1.95. The number of hydrogen-bond donors (Lipinski definition) is 2. The quantitative estimate of drug-likeness (QED) is 0.573. The first-order chi connectivity index (χ1) is 12.9. The van der Waals surface area contributed by atoms with E-state index in [9.17, 15) is 0 Å². The Labute approximate surface area is 157 Å². The molecule has 0 saturated carbocycles. The van der Waals surface area contributed by atoms with Crippen LogP contribution in [0.3, 0.4) is 0 Å². The molecule has 0 aliphatic carbocycles. The van der Waals surface area contributed by atoms with Crippen LogP contribution in [0.2, 0.25) is 0 Å². The number of methoxy groups -OCH3 is 1. The average Bonchev–Trinajstić information content (AvgIpc) is 3.19. The Morgan fingerprint density at radius 3 is 1.74 bits per heavy atom. The summed E-state index contributed by atoms with van der Waals surface area (Å²) < 4.78 is 10.3. The van der Waals surface area contributed by atoms with Gasteiger partial charge >= 0.3 is 0 Å². The molecule has 0 aromatic carbocycles. The summed E-state index contributed by atoms with van der Waals surface area (Å²) in [5.74, 6) is 0. The van der Waals surface area contributed by atoms with E-state index in [1.54, 1.807) is 7.11 Å². The predicted molar refractivity (Wildman–Crippen MR) is 104 cm³/mol. The summed E-state index contributed by atoms with van der Waals surface area (Å²) in [6, 6.07) is 5.09. The molecule has 0 unspecified atom stereocenters. The lowest BCUT2D eigenvalue weighted by atomic mass is 10.2. The van der Waals surface area contributed by atoms with E-state index < -0.39 is 0 Å². The highest BCUT2D eigenvalue weighted by Crippen LogP contribution is 2.19. The number of pyridine rings is 2. The van der Waals surface area contributed by atoms with Crippen LogP contribution in [0.15, 0.2) is 12.1 Å². The lowest BCUT2D eigenvalue weighted by Crippen LogP contribution is -1.92. The van der Waals surface area contributed by atoms with Gasteiger partial charge in [-0.2, -0.15) is 9.97 Å². The number of aryl methyl sites for hydroxylation is 4. The number of hydrogen-bond acceptors (Lipinski definition) is 6. The van der Waals surface area contributed by atoms with Gasteiger partial charge in [0.05, 0.1) is 24.8 Å². The Hall–Kier alpha value is -3.16. The van der Waals surface area contributed by atoms with Crippen molar-refractivity contribution >= 4 is 22.3 Å². The van der Waals surface area contributed by atoms with Crippen molar-refractivity contribution < 1.29 is 9.47 Å². The van der Waals surface area contributed by atoms with Crippen LogP contribution >= 0.6 is 0 Å². The van der Waals surface area contributed by atoms with Crippen molar-refractivity contribution in [2.75, 3.05) is 13.7 Å². The van der Waals surface area contributed by atoms with Crippen LogP contribution in [0.4, 0.5) is 0 Å². The van der Waals surface area contributed by atoms with Gasteiger partial charge in [0.1, 0.15) is 0 Å². The molecule has 27 heavy (non-hydrogen) atoms. The predicted octanol–water partition coefficient (Wildman–Crippen LogP) is 3.56. The van der Waals surface area contributed by atoms with Gasteiger partial charge in [-0.15, -0.1) is 0 Å². The molecule has 142 valence electrons. The smallest absolute Gasteiger partial charge is 0.296 e. The number of fused-ring (bicyclic) bond motifs is 2. The monoisotopic (exact) mass is 368 g/mol. The molecule has 0 saturated heterocycles. The fraction of sp³-hybridized carbons (Fsp3) is 0.368. The third kappa shape index (κ3) is 3.99. The van der Waals surface area contributed by atoms with E-state index in [2.05, 4.69) is 29.9 Å². The first kappa shape index (κ1) is 18.6. The van der Waals surface area contributed by atoms with E-state index >= 15 is 0 Å². The van der Waals surface area contributed by atoms with Crippen molar-refractivity contribution in [1.82, 2.24) is 29.9 Å². The van der Waals surface area contributed by atoms with Crippen LogP contribution in [-0.4, -0.2) is 43.6 Å². The zero-order chi connectivity index (χ0) is 19.6. The number of nitrogens with one attached hydrogen (secondary N) is 2. The Morgan fingerprint density at radius 2 is 1.26 bits per heavy atom. The van der Waals surface area contributed by atoms with Gasteiger partial charge in [0.2, 0.25) is 0 Å². The Balaban J connectivity index is 0.000000156. The molecular formula is C19H24N6O2. The molecule has 4 heterocycles. The number of rotatable bonds is 3. The first-order valence-corrected chi connectivity index (χ1v) is 8.76. The van der Waals surface area contributed by atoms with E-state index in [0.717, 1.165) is 39.2 Å². The zero-order valence-electron chi connectivity index (χ0n) is 16.5. The molecule has 4 aromatic rings. The van der Waals surface area contributed by atoms with Crippen LogP contribution in [0.1, 0.15) is 29.4 Å². The van der Waals surface area contributed by atoms with E-state index in [4.69, 9.17) is 9.47 Å². The number of H-pyrrole nitrogens is 2. The van der Waals surface area contributed by atoms with E-state index in [1.165, 1.54) is 0 Å². The van der Waals surface area contributed by atoms with Crippen molar-refractivity contribution in [3.05, 3.63) is 34.6 Å². The van der Waals surface area contributed by atoms with E-state index in [1.807, 2.05) is 46.8 Å². The second-order valence-corrected chi connectivity index (χ2v) is 6.28. The molecule has 4 aromatic heterocycles. The number of ether oxygens (including phenoxy) is 2. The molecule has 0 fully saturated rings. The van der Waals surface area contributed by atoms with Gasteiger partial charge < -0.3 is 19.4 Å². The topological polar surface area (TPSA) is 102 Å². The molecule has 8 heteroatoms. The van der Waals surface area contributed by atoms with Crippen LogP contribution in [0, 0.1) is 27.7 Å². The lowest BCUT2D eigenvalue weighted by molar-refractivity contribution is 0.317. The van der Waals surface area contributed by atoms with Crippen LogP contribution in [-0.2, 0) is 0 Å². The highest BCUT2D eigenvalue weighted by atomic mass is 16.5. The van der Waals surface area contributed by atoms with Gasteiger partial charge in [-0.1, -0.05) is 0 Å². The van der Waals surface area contributed by atoms with Gasteiger partial charge in [-0.05, 0) is 57.9 Å². The van der Waals surface area contributed by atoms with E-state index in [-0.39, 0.29) is 0 Å². The summed E-state index contributed by atoms with van der Waals surface area (Å²) >= 11 is 0. The third-order valence-electron chi connectivity index (χ3n) is 4.00. The van der Waals surface area contributed by atoms with Crippen LogP contribution in [0.5, 0.6) is 12.0 Å². The zero-order valence-corrected chi connectivity index (χ0v) is 16.5. The Bertz CT molecular complexity index is 1080. The molecule has 0 bridgehead atoms. The maximum atomic E-state index is 5.28. The maximum absolute atomic E-state index is 5.28. The Morgan fingerprint density at radius 1 is 0.778 bits per heavy atom. The van der Waals surface area contributed by atoms with Crippen molar-refractivity contribution in [3.8, 4) is 12.0 Å². The first-order valence-electron chi connectivity index (χ1n) is 8.76. The number of imidazole rings is 2. The van der Waals surface area contributed by atoms with E-state index in [0.29, 0.717) is 24.3 Å². The maximum Gasteiger partial charge on any atom is 0.296 e. The summed E-state index contributed by atoms with van der Waals surface area (Å²) in [6.07, 6.45) is 0. The van der Waals surface area contributed by atoms with Gasteiger partial charge in [0, 0.05) is 11.4 Å². The third-order valence-corrected chi connectivity index (χ3v) is 4.00. The molecule has 0 spiro atoms. The molecule has 0 amide bonds. The minimum atomic E-state index is 0.510. The number of aromatic amines is 2. The summed E-state index contributed by atoms with van der Waals surface area (Å²) in [4.78, 5) is 23.1. The molecule has 0 atom stereocenters. The highest BCUT2D eigenvalue weighted by molar-refractivity contribution is 5.76. The molecule has 0 aliphatic heterocycles. The molecule has 4 rings (SSSR count). The highest BCUT2D eigenvalue weighted by Gasteiger charge is 2.07. The van der Waals surface area contributed by atoms with Crippen molar-refractivity contribution in [2.24, 2.45) is 0 Å². The molecule has 0 radical (unpaired) electrons. The standard InChI is InChI=1S/C10H13N3O.C9H11N3O/c1-4-14-10-12-8-6(2)5-7(3)11-9(8)13-10;1-5-4-6(2)10-8-7(5)11-9(12-8)13-3/h5H,4H2,1-3H3,(H,11,12,13);4H,1-3H3,(H,10,11,12). The minimum Gasteiger partial charge on any atom is -0.468 e. The largest absolute Gasteiger partial charge is 0.468 e. The fourth-order valence-corrected chi connectivity index (χ4v) is 2.87. The SMILES string of the molecule is CCOc1nc2nc(C)cc(C)c2[nH]1.COc1nc2nc(C)cc(C)c2[nH]1. The summed E-state index contributed by atoms with van der Waals surface area (Å²) in [5, 5.41) is 0. The van der Waals surface area contributed by atoms with Gasteiger partial charge in [-0.25, -0.2) is 9.97 Å².